The van der Waals surface area contributed by atoms with Gasteiger partial charge in [-0.3, -0.25) is 4.79 Å². The molecule has 152 valence electrons. The number of rotatable bonds is 6. The Morgan fingerprint density at radius 2 is 1.76 bits per heavy atom. The smallest absolute Gasteiger partial charge is 0.236 e. The summed E-state index contributed by atoms with van der Waals surface area (Å²) in [6, 6.07) is 15.6. The van der Waals surface area contributed by atoms with Crippen LogP contribution in [0.5, 0.6) is 0 Å². The van der Waals surface area contributed by atoms with Gasteiger partial charge in [0.25, 0.3) is 0 Å². The molecule has 1 aromatic heterocycles. The average Bonchev–Trinajstić information content (AvgIpc) is 3.12. The van der Waals surface area contributed by atoms with E-state index in [1.54, 1.807) is 0 Å². The molecule has 1 unspecified atom stereocenters. The van der Waals surface area contributed by atoms with Crippen molar-refractivity contribution in [2.45, 2.75) is 51.4 Å². The molecule has 0 N–H and O–H groups in total. The van der Waals surface area contributed by atoms with E-state index in [1.165, 1.54) is 10.2 Å². The van der Waals surface area contributed by atoms with Gasteiger partial charge in [0.1, 0.15) is 0 Å². The zero-order valence-electron chi connectivity index (χ0n) is 17.2. The molecule has 4 rings (SSSR count). The number of carbonyl (C=O) groups is 1. The summed E-state index contributed by atoms with van der Waals surface area (Å²) in [6.45, 7) is 4.24. The van der Waals surface area contributed by atoms with Crippen LogP contribution in [0, 0.1) is 0 Å². The molecular weight excluding hydrogens is 382 g/mol. The largest absolute Gasteiger partial charge is 0.294 e. The van der Waals surface area contributed by atoms with Crippen LogP contribution in [0.4, 0.5) is 0 Å². The van der Waals surface area contributed by atoms with Gasteiger partial charge in [-0.1, -0.05) is 62.7 Å². The quantitative estimate of drug-likeness (QED) is 0.583. The van der Waals surface area contributed by atoms with Gasteiger partial charge in [-0.15, -0.1) is 0 Å². The number of unbranched alkanes of at least 4 members (excludes halogenated alkanes) is 1. The summed E-state index contributed by atoms with van der Waals surface area (Å²) < 4.78 is 27.0. The fourth-order valence-corrected chi connectivity index (χ4v) is 5.97. The number of aromatic nitrogens is 1. The minimum absolute atomic E-state index is 0.171. The van der Waals surface area contributed by atoms with Crippen LogP contribution in [0.2, 0.25) is 0 Å². The Hall–Kier alpha value is -2.40. The molecule has 4 nitrogen and oxygen atoms in total. The molecule has 0 saturated carbocycles. The van der Waals surface area contributed by atoms with E-state index in [9.17, 15) is 13.2 Å². The van der Waals surface area contributed by atoms with Crippen LogP contribution in [0.1, 0.15) is 60.3 Å². The average molecular weight is 410 g/mol. The standard InChI is InChI=1S/C24H27NO3S/c1-4-5-13-22-19(17-10-7-9-14-21(17)25(22)29(3,27)28)15-24(2)16-23(26)18-11-6-8-12-20(18)24/h6-12,14H,4-5,13,15-16H2,1-3H3. The third kappa shape index (κ3) is 3.31. The number of hydrogen-bond acceptors (Lipinski definition) is 3. The highest BCUT2D eigenvalue weighted by Crippen LogP contribution is 2.43. The van der Waals surface area contributed by atoms with Gasteiger partial charge in [-0.05, 0) is 36.5 Å². The lowest BCUT2D eigenvalue weighted by atomic mass is 9.77. The molecule has 1 aliphatic rings. The molecule has 0 spiro atoms. The third-order valence-corrected chi connectivity index (χ3v) is 7.22. The van der Waals surface area contributed by atoms with Crippen molar-refractivity contribution in [2.75, 3.05) is 6.26 Å². The molecule has 0 amide bonds. The van der Waals surface area contributed by atoms with Gasteiger partial charge in [0.15, 0.2) is 5.78 Å². The second-order valence-corrected chi connectivity index (χ2v) is 10.3. The zero-order chi connectivity index (χ0) is 20.8. The summed E-state index contributed by atoms with van der Waals surface area (Å²) >= 11 is 0. The van der Waals surface area contributed by atoms with Gasteiger partial charge in [-0.2, -0.15) is 0 Å². The number of para-hydroxylation sites is 1. The van der Waals surface area contributed by atoms with E-state index in [0.717, 1.165) is 46.1 Å². The minimum atomic E-state index is -3.44. The van der Waals surface area contributed by atoms with E-state index in [1.807, 2.05) is 48.5 Å². The van der Waals surface area contributed by atoms with Crippen molar-refractivity contribution < 1.29 is 13.2 Å². The summed E-state index contributed by atoms with van der Waals surface area (Å²) in [7, 11) is -3.44. The Balaban J connectivity index is 1.94. The van der Waals surface area contributed by atoms with Crippen LogP contribution in [0.15, 0.2) is 48.5 Å². The van der Waals surface area contributed by atoms with Crippen LogP contribution >= 0.6 is 0 Å². The lowest BCUT2D eigenvalue weighted by molar-refractivity contribution is 0.0976. The predicted molar refractivity (Wildman–Crippen MR) is 117 cm³/mol. The molecule has 1 aliphatic carbocycles. The second-order valence-electron chi connectivity index (χ2n) is 8.46. The van der Waals surface area contributed by atoms with Crippen molar-refractivity contribution in [3.8, 4) is 0 Å². The first-order valence-corrected chi connectivity index (χ1v) is 12.1. The van der Waals surface area contributed by atoms with E-state index >= 15 is 0 Å². The zero-order valence-corrected chi connectivity index (χ0v) is 18.1. The Labute approximate surface area is 172 Å². The molecule has 2 aromatic carbocycles. The highest BCUT2D eigenvalue weighted by atomic mass is 32.2. The van der Waals surface area contributed by atoms with Gasteiger partial charge < -0.3 is 0 Å². The molecule has 1 heterocycles. The Morgan fingerprint density at radius 1 is 1.07 bits per heavy atom. The highest BCUT2D eigenvalue weighted by Gasteiger charge is 2.40. The Morgan fingerprint density at radius 3 is 2.48 bits per heavy atom. The predicted octanol–water partition coefficient (Wildman–Crippen LogP) is 4.88. The SMILES string of the molecule is CCCCc1c(CC2(C)CC(=O)c3ccccc32)c2ccccc2n1S(C)(=O)=O. The van der Waals surface area contributed by atoms with E-state index in [-0.39, 0.29) is 11.2 Å². The number of Topliss-reactive ketones (excluding diaryl/α,β-unsaturated/α-hetero) is 1. The summed E-state index contributed by atoms with van der Waals surface area (Å²) in [5.41, 5.74) is 4.21. The number of benzene rings is 2. The number of carbonyl (C=O) groups excluding carboxylic acids is 1. The molecule has 5 heteroatoms. The van der Waals surface area contributed by atoms with Crippen molar-refractivity contribution in [3.05, 3.63) is 70.9 Å². The minimum Gasteiger partial charge on any atom is -0.294 e. The molecule has 3 aromatic rings. The van der Waals surface area contributed by atoms with Gasteiger partial charge in [0, 0.05) is 28.5 Å². The third-order valence-electron chi connectivity index (χ3n) is 6.14. The maximum atomic E-state index is 12.7. The molecule has 0 fully saturated rings. The Bertz CT molecular complexity index is 1210. The van der Waals surface area contributed by atoms with Crippen molar-refractivity contribution in [1.82, 2.24) is 3.97 Å². The van der Waals surface area contributed by atoms with E-state index in [4.69, 9.17) is 0 Å². The van der Waals surface area contributed by atoms with Crippen LogP contribution in [0.25, 0.3) is 10.9 Å². The van der Waals surface area contributed by atoms with Crippen LogP contribution < -0.4 is 0 Å². The molecule has 1 atom stereocenters. The van der Waals surface area contributed by atoms with E-state index < -0.39 is 10.0 Å². The first-order valence-electron chi connectivity index (χ1n) is 10.2. The van der Waals surface area contributed by atoms with E-state index in [0.29, 0.717) is 19.3 Å². The van der Waals surface area contributed by atoms with Crippen molar-refractivity contribution >= 4 is 26.7 Å². The maximum Gasteiger partial charge on any atom is 0.236 e. The van der Waals surface area contributed by atoms with Crippen LogP contribution in [-0.2, 0) is 28.3 Å². The van der Waals surface area contributed by atoms with E-state index in [2.05, 4.69) is 13.8 Å². The van der Waals surface area contributed by atoms with Gasteiger partial charge in [-0.25, -0.2) is 12.4 Å². The summed E-state index contributed by atoms with van der Waals surface area (Å²) in [4.78, 5) is 12.7. The molecule has 29 heavy (non-hydrogen) atoms. The number of ketones is 1. The van der Waals surface area contributed by atoms with Gasteiger partial charge in [0.2, 0.25) is 10.0 Å². The first-order chi connectivity index (χ1) is 13.8. The lowest BCUT2D eigenvalue weighted by Gasteiger charge is -2.25. The van der Waals surface area contributed by atoms with Gasteiger partial charge >= 0.3 is 0 Å². The van der Waals surface area contributed by atoms with Crippen molar-refractivity contribution in [3.63, 3.8) is 0 Å². The topological polar surface area (TPSA) is 56.1 Å². The summed E-state index contributed by atoms with van der Waals surface area (Å²) in [5.74, 6) is 0.171. The van der Waals surface area contributed by atoms with Gasteiger partial charge in [0.05, 0.1) is 11.8 Å². The summed E-state index contributed by atoms with van der Waals surface area (Å²) in [6.07, 6.45) is 5.00. The van der Waals surface area contributed by atoms with Crippen molar-refractivity contribution in [2.24, 2.45) is 0 Å². The van der Waals surface area contributed by atoms with Crippen LogP contribution in [0.3, 0.4) is 0 Å². The van der Waals surface area contributed by atoms with Crippen LogP contribution in [-0.4, -0.2) is 24.4 Å². The fraction of sp³-hybridized carbons (Fsp3) is 0.375. The van der Waals surface area contributed by atoms with Crippen molar-refractivity contribution in [1.29, 1.82) is 0 Å². The summed E-state index contributed by atoms with van der Waals surface area (Å²) in [5, 5.41) is 0.974. The fourth-order valence-electron chi connectivity index (χ4n) is 4.85. The lowest BCUT2D eigenvalue weighted by Crippen LogP contribution is -2.23. The molecular formula is C24H27NO3S. The molecule has 0 saturated heterocycles. The normalized spacial score (nSPS) is 19.1. The molecule has 0 radical (unpaired) electrons. The number of hydrogen-bond donors (Lipinski definition) is 0. The second kappa shape index (κ2) is 7.13. The maximum absolute atomic E-state index is 12.7. The molecule has 0 aliphatic heterocycles. The number of nitrogens with zero attached hydrogens (tertiary/aromatic N) is 1. The highest BCUT2D eigenvalue weighted by molar-refractivity contribution is 7.89. The first kappa shape index (κ1) is 19.9. The monoisotopic (exact) mass is 409 g/mol. The molecule has 0 bridgehead atoms. The Kier molecular flexibility index (Phi) is 4.89. The number of fused-ring (bicyclic) bond motifs is 2.